The summed E-state index contributed by atoms with van der Waals surface area (Å²) in [5, 5.41) is 1.45. The zero-order chi connectivity index (χ0) is 52.2. The molecule has 5 aromatic carbocycles. The smallest absolute Gasteiger partial charge is 0.264 e. The van der Waals surface area contributed by atoms with E-state index in [-0.39, 0.29) is 50.0 Å². The third kappa shape index (κ3) is 7.12. The quantitative estimate of drug-likeness (QED) is 0.163. The van der Waals surface area contributed by atoms with Crippen molar-refractivity contribution in [2.24, 2.45) is 0 Å². The molecule has 0 spiro atoms. The topological polar surface area (TPSA) is 6.48 Å². The van der Waals surface area contributed by atoms with E-state index < -0.39 is 0 Å². The van der Waals surface area contributed by atoms with Gasteiger partial charge in [0.2, 0.25) is 0 Å². The van der Waals surface area contributed by atoms with Gasteiger partial charge in [0.1, 0.15) is 0 Å². The van der Waals surface area contributed by atoms with Crippen LogP contribution in [-0.4, -0.2) is 6.71 Å². The number of benzene rings is 5. The van der Waals surface area contributed by atoms with Gasteiger partial charge in [0.05, 0.1) is 5.69 Å². The van der Waals surface area contributed by atoms with Crippen molar-refractivity contribution in [1.82, 2.24) is 0 Å². The lowest BCUT2D eigenvalue weighted by Crippen LogP contribution is -2.61. The normalized spacial score (nSPS) is 23.7. The summed E-state index contributed by atoms with van der Waals surface area (Å²) in [5.41, 5.74) is 26.1. The van der Waals surface area contributed by atoms with Crippen LogP contribution in [0.4, 0.5) is 34.1 Å². The molecule has 1 saturated carbocycles. The molecule has 6 aromatic rings. The zero-order valence-corrected chi connectivity index (χ0v) is 49.4. The lowest BCUT2D eigenvalue weighted by atomic mass is 9.35. The Hall–Kier alpha value is -4.28. The van der Waals surface area contributed by atoms with Gasteiger partial charge in [0, 0.05) is 43.3 Å². The van der Waals surface area contributed by atoms with Crippen LogP contribution >= 0.6 is 11.3 Å². The Morgan fingerprint density at radius 2 is 0.811 bits per heavy atom. The van der Waals surface area contributed by atoms with Crippen molar-refractivity contribution in [1.29, 1.82) is 0 Å². The molecule has 13 rings (SSSR count). The first kappa shape index (κ1) is 49.3. The largest absolute Gasteiger partial charge is 0.311 e. The summed E-state index contributed by atoms with van der Waals surface area (Å²) in [6, 6.07) is 32.0. The number of fused-ring (bicyclic) bond motifs is 10. The van der Waals surface area contributed by atoms with Gasteiger partial charge in [-0.3, -0.25) is 0 Å². The highest BCUT2D eigenvalue weighted by Crippen LogP contribution is 2.57. The first-order valence-corrected chi connectivity index (χ1v) is 30.3. The Morgan fingerprint density at radius 3 is 1.31 bits per heavy atom. The minimum absolute atomic E-state index is 0.0718. The minimum atomic E-state index is 0.0718. The number of rotatable bonds is 3. The van der Waals surface area contributed by atoms with Gasteiger partial charge < -0.3 is 9.80 Å². The molecule has 3 heterocycles. The molecule has 0 unspecified atom stereocenters. The van der Waals surface area contributed by atoms with E-state index in [4.69, 9.17) is 0 Å². The maximum Gasteiger partial charge on any atom is 0.264 e. The summed E-state index contributed by atoms with van der Waals surface area (Å²) in [6.45, 7) is 40.3. The van der Waals surface area contributed by atoms with Crippen LogP contribution in [-0.2, 0) is 43.3 Å². The first-order valence-electron chi connectivity index (χ1n) is 29.5. The Bertz CT molecular complexity index is 3360. The third-order valence-electron chi connectivity index (χ3n) is 21.9. The van der Waals surface area contributed by atoms with Crippen molar-refractivity contribution < 1.29 is 0 Å². The predicted molar refractivity (Wildman–Crippen MR) is 323 cm³/mol. The van der Waals surface area contributed by atoms with Crippen LogP contribution in [0.25, 0.3) is 10.1 Å². The summed E-state index contributed by atoms with van der Waals surface area (Å²) in [7, 11) is 0. The van der Waals surface area contributed by atoms with Crippen LogP contribution in [0.15, 0.2) is 72.8 Å². The summed E-state index contributed by atoms with van der Waals surface area (Å²) >= 11 is 2.13. The van der Waals surface area contributed by atoms with Gasteiger partial charge in [-0.15, -0.1) is 11.3 Å². The number of hydrogen-bond donors (Lipinski definition) is 0. The SMILES string of the molecule is CC1(C)CCC(C)(C)c2cc(N3c4cc5c(cc4B4c6sc7cc8c(cc7c6N(c6ccc7c(c6)C(C)(C)CCC7(C)C)c6cc(C7CCCCC7)cc3c64)C(C)(C)CCC8(C)C)C(C)(C)CCC5(C)C)ccc21. The van der Waals surface area contributed by atoms with E-state index in [2.05, 4.69) is 205 Å². The van der Waals surface area contributed by atoms with E-state index in [0.717, 1.165) is 0 Å². The second kappa shape index (κ2) is 15.7. The maximum absolute atomic E-state index is 2.86. The second-order valence-electron chi connectivity index (χ2n) is 30.6. The highest BCUT2D eigenvalue weighted by Gasteiger charge is 2.50. The van der Waals surface area contributed by atoms with Crippen molar-refractivity contribution in [3.8, 4) is 0 Å². The number of anilines is 6. The molecular formula is C70H87BN2S. The molecule has 1 aromatic heterocycles. The molecule has 74 heavy (non-hydrogen) atoms. The molecule has 0 N–H and O–H groups in total. The fourth-order valence-electron chi connectivity index (χ4n) is 16.3. The number of hydrogen-bond acceptors (Lipinski definition) is 3. The summed E-state index contributed by atoms with van der Waals surface area (Å²) in [6.07, 6.45) is 16.2. The molecule has 2 aliphatic heterocycles. The molecule has 5 aliphatic carbocycles. The minimum Gasteiger partial charge on any atom is -0.311 e. The fourth-order valence-corrected chi connectivity index (χ4v) is 17.6. The molecule has 1 fully saturated rings. The van der Waals surface area contributed by atoms with Crippen LogP contribution in [0.3, 0.4) is 0 Å². The molecule has 7 aliphatic rings. The molecule has 4 heteroatoms. The van der Waals surface area contributed by atoms with E-state index in [0.29, 0.717) is 5.92 Å². The van der Waals surface area contributed by atoms with E-state index in [9.17, 15) is 0 Å². The monoisotopic (exact) mass is 999 g/mol. The van der Waals surface area contributed by atoms with Crippen molar-refractivity contribution in [3.05, 3.63) is 123 Å². The van der Waals surface area contributed by atoms with Crippen LogP contribution in [0.1, 0.15) is 250 Å². The predicted octanol–water partition coefficient (Wildman–Crippen LogP) is 18.4. The van der Waals surface area contributed by atoms with Crippen LogP contribution in [0.2, 0.25) is 0 Å². The van der Waals surface area contributed by atoms with Gasteiger partial charge >= 0.3 is 0 Å². The van der Waals surface area contributed by atoms with E-state index in [1.807, 2.05) is 0 Å². The molecule has 0 amide bonds. The van der Waals surface area contributed by atoms with E-state index in [1.165, 1.54) is 171 Å². The molecule has 0 bridgehead atoms. The molecule has 0 radical (unpaired) electrons. The summed E-state index contributed by atoms with van der Waals surface area (Å²) in [4.78, 5) is 5.68. The molecule has 386 valence electrons. The Balaban J connectivity index is 1.18. The Labute approximate surface area is 451 Å². The van der Waals surface area contributed by atoms with Crippen molar-refractivity contribution in [3.63, 3.8) is 0 Å². The Kier molecular flexibility index (Phi) is 10.5. The van der Waals surface area contributed by atoms with Gasteiger partial charge in [-0.05, 0) is 229 Å². The van der Waals surface area contributed by atoms with Crippen LogP contribution in [0, 0.1) is 0 Å². The highest BCUT2D eigenvalue weighted by atomic mass is 32.1. The lowest BCUT2D eigenvalue weighted by molar-refractivity contribution is 0.332. The highest BCUT2D eigenvalue weighted by molar-refractivity contribution is 7.33. The van der Waals surface area contributed by atoms with E-state index >= 15 is 0 Å². The first-order chi connectivity index (χ1) is 34.6. The molecular weight excluding hydrogens is 912 g/mol. The number of thiophene rings is 1. The van der Waals surface area contributed by atoms with Crippen LogP contribution in [0.5, 0.6) is 0 Å². The summed E-state index contributed by atoms with van der Waals surface area (Å²) in [5.74, 6) is 0.541. The van der Waals surface area contributed by atoms with Gasteiger partial charge in [-0.2, -0.15) is 0 Å². The average molecular weight is 999 g/mol. The van der Waals surface area contributed by atoms with Gasteiger partial charge in [-0.1, -0.05) is 148 Å². The maximum atomic E-state index is 2.86. The van der Waals surface area contributed by atoms with Crippen molar-refractivity contribution in [2.75, 3.05) is 9.80 Å². The average Bonchev–Trinajstić information content (AvgIpc) is 3.72. The lowest BCUT2D eigenvalue weighted by Gasteiger charge is -2.48. The second-order valence-corrected chi connectivity index (χ2v) is 31.7. The van der Waals surface area contributed by atoms with Crippen LogP contribution < -0.4 is 25.5 Å². The molecule has 0 atom stereocenters. The standard InChI is InChI=1S/C70H87BN2S/c1-63(2)26-28-65(5,6)49-36-44(22-24-47(49)63)72-56-40-53-52(68(11,12)31-32-69(53,13)14)39-55(56)71-60-57(72)34-43(42-20-18-17-19-21-42)35-58(60)73(45-23-25-48-50(37-45)66(7,8)29-27-64(48,3)4)61-46-38-51-54(41-59(46)74-62(61)71)70(15,16)33-30-67(51,9)10/h22-25,34-42H,17-21,26-33H2,1-16H3. The number of nitrogens with zero attached hydrogens (tertiary/aromatic N) is 2. The Morgan fingerprint density at radius 1 is 0.405 bits per heavy atom. The van der Waals surface area contributed by atoms with Crippen molar-refractivity contribution >= 4 is 78.0 Å². The molecule has 2 nitrogen and oxygen atoms in total. The molecule has 0 saturated heterocycles. The fraction of sp³-hybridized carbons (Fsp3) is 0.543. The van der Waals surface area contributed by atoms with Gasteiger partial charge in [-0.25, -0.2) is 0 Å². The summed E-state index contributed by atoms with van der Waals surface area (Å²) < 4.78 is 2.98. The van der Waals surface area contributed by atoms with Crippen molar-refractivity contribution in [2.45, 2.75) is 243 Å². The van der Waals surface area contributed by atoms with Gasteiger partial charge in [0.25, 0.3) is 6.71 Å². The third-order valence-corrected chi connectivity index (χ3v) is 23.1. The van der Waals surface area contributed by atoms with E-state index in [1.54, 1.807) is 22.3 Å². The zero-order valence-electron chi connectivity index (χ0n) is 48.6. The van der Waals surface area contributed by atoms with Gasteiger partial charge in [0.15, 0.2) is 0 Å².